The van der Waals surface area contributed by atoms with Crippen molar-refractivity contribution in [2.75, 3.05) is 42.7 Å². The van der Waals surface area contributed by atoms with Gasteiger partial charge in [0.25, 0.3) is 0 Å². The molecule has 0 amide bonds. The quantitative estimate of drug-likeness (QED) is 0.124. The van der Waals surface area contributed by atoms with Crippen molar-refractivity contribution in [2.24, 2.45) is 0 Å². The zero-order valence-electron chi connectivity index (χ0n) is 19.0. The highest BCUT2D eigenvalue weighted by Gasteiger charge is 2.22. The number of nitrogen functional groups attached to an aromatic ring is 1. The first-order chi connectivity index (χ1) is 15.8. The molecule has 0 saturated heterocycles. The molecular formula is C20H26I3N3O8. The smallest absolute Gasteiger partial charge is 0.303 e. The molecule has 0 aliphatic carbocycles. The summed E-state index contributed by atoms with van der Waals surface area (Å²) >= 11 is 6.36. The van der Waals surface area contributed by atoms with Crippen LogP contribution in [0.15, 0.2) is 0 Å². The number of esters is 4. The molecule has 0 heterocycles. The number of ether oxygens (including phenoxy) is 4. The van der Waals surface area contributed by atoms with Crippen molar-refractivity contribution in [1.82, 2.24) is 0 Å². The molecule has 14 heteroatoms. The van der Waals surface area contributed by atoms with Crippen LogP contribution in [0.2, 0.25) is 0 Å². The molecule has 0 aromatic heterocycles. The van der Waals surface area contributed by atoms with E-state index in [9.17, 15) is 19.2 Å². The lowest BCUT2D eigenvalue weighted by Gasteiger charge is -2.23. The Morgan fingerprint density at radius 2 is 1.06 bits per heavy atom. The molecule has 2 atom stereocenters. The number of hydrogen-bond acceptors (Lipinski definition) is 11. The van der Waals surface area contributed by atoms with Gasteiger partial charge in [-0.1, -0.05) is 0 Å². The Hall–Kier alpha value is -1.31. The molecular weight excluding hydrogens is 791 g/mol. The number of nitrogens with two attached hydrogens (primary N) is 1. The maximum absolute atomic E-state index is 11.4. The van der Waals surface area contributed by atoms with Crippen LogP contribution in [0.3, 0.4) is 0 Å². The molecule has 0 aliphatic rings. The first kappa shape index (κ1) is 30.7. The molecule has 11 nitrogen and oxygen atoms in total. The minimum absolute atomic E-state index is 0.0970. The molecule has 1 aromatic rings. The number of hydrogen-bond donors (Lipinski definition) is 3. The molecule has 4 N–H and O–H groups in total. The number of halogens is 3. The first-order valence-electron chi connectivity index (χ1n) is 9.88. The number of benzene rings is 1. The third-order valence-electron chi connectivity index (χ3n) is 3.97. The van der Waals surface area contributed by atoms with Crippen molar-refractivity contribution < 1.29 is 38.1 Å². The first-order valence-corrected chi connectivity index (χ1v) is 13.1. The summed E-state index contributed by atoms with van der Waals surface area (Å²) in [6.07, 6.45) is -1.41. The van der Waals surface area contributed by atoms with Crippen molar-refractivity contribution in [2.45, 2.75) is 39.9 Å². The van der Waals surface area contributed by atoms with Crippen LogP contribution in [-0.2, 0) is 38.1 Å². The van der Waals surface area contributed by atoms with Gasteiger partial charge in [0.05, 0.1) is 40.9 Å². The van der Waals surface area contributed by atoms with Crippen molar-refractivity contribution in [1.29, 1.82) is 0 Å². The fourth-order valence-electron chi connectivity index (χ4n) is 2.58. The minimum Gasteiger partial charge on any atom is -0.462 e. The monoisotopic (exact) mass is 817 g/mol. The average molecular weight is 817 g/mol. The van der Waals surface area contributed by atoms with Crippen molar-refractivity contribution >= 4 is 109 Å². The van der Waals surface area contributed by atoms with E-state index in [0.717, 1.165) is 10.7 Å². The Labute approximate surface area is 238 Å². The third-order valence-corrected chi connectivity index (χ3v) is 7.29. The molecule has 0 fully saturated rings. The number of carbonyl (C=O) groups is 4. The second kappa shape index (κ2) is 14.9. The summed E-state index contributed by atoms with van der Waals surface area (Å²) in [5, 5.41) is 6.43. The van der Waals surface area contributed by atoms with Crippen molar-refractivity contribution in [3.05, 3.63) is 10.7 Å². The lowest BCUT2D eigenvalue weighted by molar-refractivity contribution is -0.155. The fraction of sp³-hybridized carbons (Fsp3) is 0.500. The standard InChI is InChI=1S/C20H26I3N3O8/c1-9(27)31-7-13(33-11(3)29)5-25-19-15(21)18(24)16(22)20(17(19)23)26-6-14(34-12(4)30)8-32-10(2)28/h13-14,25-26H,5-8,24H2,1-4H3. The Morgan fingerprint density at radius 1 is 0.706 bits per heavy atom. The van der Waals surface area contributed by atoms with Crippen molar-refractivity contribution in [3.8, 4) is 0 Å². The number of rotatable bonds is 12. The van der Waals surface area contributed by atoms with Crippen LogP contribution in [0.1, 0.15) is 27.7 Å². The van der Waals surface area contributed by atoms with Gasteiger partial charge >= 0.3 is 23.9 Å². The van der Waals surface area contributed by atoms with Crippen LogP contribution in [0.5, 0.6) is 0 Å². The summed E-state index contributed by atoms with van der Waals surface area (Å²) in [6.45, 7) is 5.23. The predicted octanol–water partition coefficient (Wildman–Crippen LogP) is 2.90. The van der Waals surface area contributed by atoms with E-state index in [1.165, 1.54) is 27.7 Å². The number of carbonyl (C=O) groups excluding carboxylic acids is 4. The van der Waals surface area contributed by atoms with Crippen LogP contribution in [0, 0.1) is 10.7 Å². The Bertz CT molecular complexity index is 860. The molecule has 1 rings (SSSR count). The van der Waals surface area contributed by atoms with E-state index >= 15 is 0 Å². The summed E-state index contributed by atoms with van der Waals surface area (Å²) < 4.78 is 22.7. The Balaban J connectivity index is 3.10. The zero-order valence-corrected chi connectivity index (χ0v) is 25.4. The second-order valence-electron chi connectivity index (χ2n) is 6.94. The molecule has 0 radical (unpaired) electrons. The summed E-state index contributed by atoms with van der Waals surface area (Å²) in [4.78, 5) is 45.2. The second-order valence-corrected chi connectivity index (χ2v) is 10.2. The van der Waals surface area contributed by atoms with Gasteiger partial charge in [-0.3, -0.25) is 19.2 Å². The van der Waals surface area contributed by atoms with Crippen LogP contribution in [0.25, 0.3) is 0 Å². The van der Waals surface area contributed by atoms with Gasteiger partial charge in [-0.2, -0.15) is 0 Å². The highest BCUT2D eigenvalue weighted by molar-refractivity contribution is 14.1. The van der Waals surface area contributed by atoms with Gasteiger partial charge in [0.2, 0.25) is 0 Å². The Kier molecular flexibility index (Phi) is 13.5. The number of nitrogens with one attached hydrogen (secondary N) is 2. The van der Waals surface area contributed by atoms with Gasteiger partial charge in [-0.25, -0.2) is 0 Å². The van der Waals surface area contributed by atoms with Gasteiger partial charge in [0.1, 0.15) is 13.2 Å². The molecule has 0 spiro atoms. The van der Waals surface area contributed by atoms with Gasteiger partial charge in [-0.15, -0.1) is 0 Å². The van der Waals surface area contributed by atoms with Gasteiger partial charge in [0.15, 0.2) is 12.2 Å². The van der Waals surface area contributed by atoms with Crippen LogP contribution in [-0.4, -0.2) is 62.4 Å². The lowest BCUT2D eigenvalue weighted by atomic mass is 10.2. The van der Waals surface area contributed by atoms with E-state index in [0.29, 0.717) is 17.1 Å². The molecule has 0 saturated carbocycles. The third kappa shape index (κ3) is 10.5. The Morgan fingerprint density at radius 3 is 1.35 bits per heavy atom. The van der Waals surface area contributed by atoms with Crippen LogP contribution >= 0.6 is 67.8 Å². The lowest BCUT2D eigenvalue weighted by Crippen LogP contribution is -2.32. The summed E-state index contributed by atoms with van der Waals surface area (Å²) in [5.74, 6) is -1.97. The number of anilines is 3. The van der Waals surface area contributed by atoms with Crippen LogP contribution < -0.4 is 16.4 Å². The molecule has 2 unspecified atom stereocenters. The highest BCUT2D eigenvalue weighted by atomic mass is 127. The molecule has 0 aliphatic heterocycles. The van der Waals surface area contributed by atoms with Gasteiger partial charge in [-0.05, 0) is 67.8 Å². The van der Waals surface area contributed by atoms with Crippen molar-refractivity contribution in [3.63, 3.8) is 0 Å². The average Bonchev–Trinajstić information content (AvgIpc) is 2.72. The normalized spacial score (nSPS) is 12.2. The predicted molar refractivity (Wildman–Crippen MR) is 150 cm³/mol. The largest absolute Gasteiger partial charge is 0.462 e. The summed E-state index contributed by atoms with van der Waals surface area (Å²) in [7, 11) is 0. The fourth-order valence-corrected chi connectivity index (χ4v) is 6.51. The van der Waals surface area contributed by atoms with Gasteiger partial charge in [0, 0.05) is 27.7 Å². The van der Waals surface area contributed by atoms with Crippen LogP contribution in [0.4, 0.5) is 17.1 Å². The summed E-state index contributed by atoms with van der Waals surface area (Å²) in [6, 6.07) is 0. The van der Waals surface area contributed by atoms with E-state index in [4.69, 9.17) is 24.7 Å². The van der Waals surface area contributed by atoms with E-state index < -0.39 is 36.1 Å². The SMILES string of the molecule is CC(=O)OCC(CNc1c(I)c(N)c(I)c(NCC(COC(C)=O)OC(C)=O)c1I)OC(C)=O. The van der Waals surface area contributed by atoms with E-state index in [2.05, 4.69) is 78.4 Å². The molecule has 1 aromatic carbocycles. The topological polar surface area (TPSA) is 155 Å². The maximum Gasteiger partial charge on any atom is 0.303 e. The summed E-state index contributed by atoms with van der Waals surface area (Å²) in [5.41, 5.74) is 8.20. The van der Waals surface area contributed by atoms with E-state index in [-0.39, 0.29) is 26.3 Å². The molecule has 190 valence electrons. The molecule has 34 heavy (non-hydrogen) atoms. The molecule has 0 bridgehead atoms. The highest BCUT2D eigenvalue weighted by Crippen LogP contribution is 2.40. The zero-order chi connectivity index (χ0) is 26.0. The maximum atomic E-state index is 11.4. The minimum atomic E-state index is -0.706. The van der Waals surface area contributed by atoms with E-state index in [1.54, 1.807) is 0 Å². The van der Waals surface area contributed by atoms with E-state index in [1.807, 2.05) is 0 Å². The van der Waals surface area contributed by atoms with Gasteiger partial charge < -0.3 is 35.3 Å².